The third-order valence-electron chi connectivity index (χ3n) is 5.01. The molecule has 1 aliphatic rings. The minimum Gasteiger partial charge on any atom is -0.466 e. The first-order valence-corrected chi connectivity index (χ1v) is 9.01. The first-order valence-electron chi connectivity index (χ1n) is 9.01. The molecule has 1 aliphatic carbocycles. The van der Waals surface area contributed by atoms with E-state index < -0.39 is 0 Å². The van der Waals surface area contributed by atoms with Crippen molar-refractivity contribution in [2.45, 2.75) is 51.9 Å². The number of ether oxygens (including phenoxy) is 1. The van der Waals surface area contributed by atoms with E-state index in [-0.39, 0.29) is 5.97 Å². The van der Waals surface area contributed by atoms with Gasteiger partial charge in [-0.05, 0) is 56.1 Å². The number of hydrogen-bond donors (Lipinski definition) is 0. The third-order valence-corrected chi connectivity index (χ3v) is 5.01. The summed E-state index contributed by atoms with van der Waals surface area (Å²) < 4.78 is 5.03. The maximum absolute atomic E-state index is 11.5. The molecule has 0 saturated heterocycles. The average molecular weight is 317 g/mol. The number of para-hydroxylation sites is 1. The first-order chi connectivity index (χ1) is 11.1. The fourth-order valence-electron chi connectivity index (χ4n) is 3.71. The largest absolute Gasteiger partial charge is 0.466 e. The van der Waals surface area contributed by atoms with Crippen LogP contribution in [0.3, 0.4) is 0 Å². The summed E-state index contributed by atoms with van der Waals surface area (Å²) in [5, 5.41) is 0. The van der Waals surface area contributed by atoms with Crippen LogP contribution in [0.4, 0.5) is 5.69 Å². The molecule has 0 atom stereocenters. The lowest BCUT2D eigenvalue weighted by molar-refractivity contribution is -0.143. The van der Waals surface area contributed by atoms with Gasteiger partial charge in [0.1, 0.15) is 0 Å². The van der Waals surface area contributed by atoms with Gasteiger partial charge in [-0.1, -0.05) is 31.0 Å². The zero-order valence-corrected chi connectivity index (χ0v) is 14.9. The van der Waals surface area contributed by atoms with Gasteiger partial charge in [0.2, 0.25) is 0 Å². The van der Waals surface area contributed by atoms with Crippen LogP contribution in [0.15, 0.2) is 24.3 Å². The van der Waals surface area contributed by atoms with Crippen LogP contribution in [0.25, 0.3) is 0 Å². The Morgan fingerprint density at radius 2 is 1.78 bits per heavy atom. The van der Waals surface area contributed by atoms with Crippen molar-refractivity contribution in [2.75, 3.05) is 25.6 Å². The summed E-state index contributed by atoms with van der Waals surface area (Å²) >= 11 is 0. The Balaban J connectivity index is 1.78. The molecule has 1 aromatic rings. The average Bonchev–Trinajstić information content (AvgIpc) is 2.55. The molecule has 23 heavy (non-hydrogen) atoms. The van der Waals surface area contributed by atoms with Crippen molar-refractivity contribution in [2.24, 2.45) is 11.8 Å². The van der Waals surface area contributed by atoms with Crippen LogP contribution in [0.2, 0.25) is 0 Å². The number of hydrogen-bond acceptors (Lipinski definition) is 3. The Morgan fingerprint density at radius 1 is 1.13 bits per heavy atom. The third kappa shape index (κ3) is 5.56. The zero-order valence-electron chi connectivity index (χ0n) is 14.9. The highest BCUT2D eigenvalue weighted by Gasteiger charge is 2.22. The Kier molecular flexibility index (Phi) is 6.94. The lowest BCUT2D eigenvalue weighted by atomic mass is 9.77. The molecule has 0 aromatic heterocycles. The summed E-state index contributed by atoms with van der Waals surface area (Å²) in [7, 11) is 4.23. The Labute approximate surface area is 141 Å². The lowest BCUT2D eigenvalue weighted by Crippen LogP contribution is -2.19. The number of carbonyl (C=O) groups excluding carboxylic acids is 1. The lowest BCUT2D eigenvalue weighted by Gasteiger charge is -2.29. The van der Waals surface area contributed by atoms with Crippen molar-refractivity contribution in [1.29, 1.82) is 0 Å². The van der Waals surface area contributed by atoms with Crippen molar-refractivity contribution in [3.63, 3.8) is 0 Å². The maximum Gasteiger partial charge on any atom is 0.305 e. The molecule has 0 bridgehead atoms. The summed E-state index contributed by atoms with van der Waals surface area (Å²) in [6, 6.07) is 8.74. The van der Waals surface area contributed by atoms with Crippen LogP contribution < -0.4 is 4.90 Å². The van der Waals surface area contributed by atoms with Gasteiger partial charge >= 0.3 is 5.97 Å². The molecule has 0 spiro atoms. The number of rotatable bonds is 7. The molecule has 1 aromatic carbocycles. The van der Waals surface area contributed by atoms with Crippen LogP contribution in [0.1, 0.15) is 51.0 Å². The minimum absolute atomic E-state index is 0.0328. The molecule has 2 rings (SSSR count). The van der Waals surface area contributed by atoms with Crippen molar-refractivity contribution in [1.82, 2.24) is 0 Å². The molecule has 1 saturated carbocycles. The molecule has 0 aliphatic heterocycles. The zero-order chi connectivity index (χ0) is 16.7. The second kappa shape index (κ2) is 8.95. The number of benzene rings is 1. The summed E-state index contributed by atoms with van der Waals surface area (Å²) in [4.78, 5) is 13.7. The Bertz CT molecular complexity index is 490. The van der Waals surface area contributed by atoms with E-state index in [1.807, 2.05) is 6.92 Å². The standard InChI is InChI=1S/C20H31NO2/c1-4-23-20(22)14-13-16-9-11-17(12-10-16)15-18-7-5-6-8-19(18)21(2)3/h5-8,16-17H,4,9-15H2,1-3H3. The van der Waals surface area contributed by atoms with Gasteiger partial charge in [0.25, 0.3) is 0 Å². The Morgan fingerprint density at radius 3 is 2.43 bits per heavy atom. The van der Waals surface area contributed by atoms with Gasteiger partial charge in [0.15, 0.2) is 0 Å². The van der Waals surface area contributed by atoms with Crippen LogP contribution in [0, 0.1) is 11.8 Å². The van der Waals surface area contributed by atoms with E-state index in [1.54, 1.807) is 0 Å². The van der Waals surface area contributed by atoms with Gasteiger partial charge in [0.05, 0.1) is 6.61 Å². The van der Waals surface area contributed by atoms with Gasteiger partial charge < -0.3 is 9.64 Å². The van der Waals surface area contributed by atoms with Crippen LogP contribution in [0.5, 0.6) is 0 Å². The SMILES string of the molecule is CCOC(=O)CCC1CCC(Cc2ccccc2N(C)C)CC1. The van der Waals surface area contributed by atoms with Crippen molar-refractivity contribution in [3.8, 4) is 0 Å². The number of nitrogens with zero attached hydrogens (tertiary/aromatic N) is 1. The summed E-state index contributed by atoms with van der Waals surface area (Å²) in [5.41, 5.74) is 2.81. The second-order valence-corrected chi connectivity index (χ2v) is 6.96. The smallest absolute Gasteiger partial charge is 0.305 e. The van der Waals surface area contributed by atoms with Crippen molar-refractivity contribution >= 4 is 11.7 Å². The van der Waals surface area contributed by atoms with Crippen LogP contribution in [-0.2, 0) is 16.0 Å². The number of carbonyl (C=O) groups is 1. The second-order valence-electron chi connectivity index (χ2n) is 6.96. The van der Waals surface area contributed by atoms with Crippen LogP contribution in [-0.4, -0.2) is 26.7 Å². The van der Waals surface area contributed by atoms with E-state index in [0.29, 0.717) is 18.9 Å². The fraction of sp³-hybridized carbons (Fsp3) is 0.650. The number of anilines is 1. The van der Waals surface area contributed by atoms with E-state index in [2.05, 4.69) is 43.3 Å². The topological polar surface area (TPSA) is 29.5 Å². The normalized spacial score (nSPS) is 21.0. The van der Waals surface area contributed by atoms with Gasteiger partial charge in [0, 0.05) is 26.2 Å². The highest BCUT2D eigenvalue weighted by Crippen LogP contribution is 2.34. The molecule has 0 radical (unpaired) electrons. The Hall–Kier alpha value is -1.51. The minimum atomic E-state index is -0.0328. The van der Waals surface area contributed by atoms with E-state index in [4.69, 9.17) is 4.74 Å². The molecule has 3 heteroatoms. The van der Waals surface area contributed by atoms with E-state index in [9.17, 15) is 4.79 Å². The molecular weight excluding hydrogens is 286 g/mol. The predicted molar refractivity (Wildman–Crippen MR) is 95.8 cm³/mol. The van der Waals surface area contributed by atoms with E-state index in [0.717, 1.165) is 12.3 Å². The van der Waals surface area contributed by atoms with Crippen molar-refractivity contribution < 1.29 is 9.53 Å². The summed E-state index contributed by atoms with van der Waals surface area (Å²) in [6.45, 7) is 2.37. The van der Waals surface area contributed by atoms with Gasteiger partial charge in [-0.3, -0.25) is 4.79 Å². The highest BCUT2D eigenvalue weighted by atomic mass is 16.5. The predicted octanol–water partition coefficient (Wildman–Crippen LogP) is 4.44. The maximum atomic E-state index is 11.5. The summed E-state index contributed by atoms with van der Waals surface area (Å²) in [5.74, 6) is 1.46. The van der Waals surface area contributed by atoms with E-state index >= 15 is 0 Å². The van der Waals surface area contributed by atoms with E-state index in [1.165, 1.54) is 43.4 Å². The molecule has 1 fully saturated rings. The number of esters is 1. The first kappa shape index (κ1) is 17.8. The highest BCUT2D eigenvalue weighted by molar-refractivity contribution is 5.69. The van der Waals surface area contributed by atoms with Gasteiger partial charge in [-0.2, -0.15) is 0 Å². The van der Waals surface area contributed by atoms with Crippen molar-refractivity contribution in [3.05, 3.63) is 29.8 Å². The monoisotopic (exact) mass is 317 g/mol. The molecule has 0 N–H and O–H groups in total. The molecule has 0 heterocycles. The van der Waals surface area contributed by atoms with Gasteiger partial charge in [-0.15, -0.1) is 0 Å². The quantitative estimate of drug-likeness (QED) is 0.696. The molecular formula is C20H31NO2. The molecule has 3 nitrogen and oxygen atoms in total. The summed E-state index contributed by atoms with van der Waals surface area (Å²) in [6.07, 6.45) is 7.86. The molecule has 0 unspecified atom stereocenters. The van der Waals surface area contributed by atoms with Gasteiger partial charge in [-0.25, -0.2) is 0 Å². The molecule has 128 valence electrons. The molecule has 0 amide bonds. The van der Waals surface area contributed by atoms with Crippen LogP contribution >= 0.6 is 0 Å². The fourth-order valence-corrected chi connectivity index (χ4v) is 3.71.